The molecule has 1 aliphatic heterocycles. The van der Waals surface area contributed by atoms with Crippen LogP contribution < -0.4 is 10.7 Å². The van der Waals surface area contributed by atoms with Crippen molar-refractivity contribution in [2.75, 3.05) is 10.7 Å². The molecular formula is C22H19ClN4O2S. The van der Waals surface area contributed by atoms with Gasteiger partial charge < -0.3 is 10.8 Å². The second-order valence-corrected chi connectivity index (χ2v) is 9.26. The van der Waals surface area contributed by atoms with E-state index in [0.29, 0.717) is 16.3 Å². The van der Waals surface area contributed by atoms with Crippen molar-refractivity contribution in [3.8, 4) is 0 Å². The number of rotatable bonds is 3. The van der Waals surface area contributed by atoms with E-state index >= 15 is 0 Å². The molecule has 2 aliphatic rings. The van der Waals surface area contributed by atoms with Gasteiger partial charge in [0.05, 0.1) is 38.7 Å². The van der Waals surface area contributed by atoms with Gasteiger partial charge in [0.2, 0.25) is 0 Å². The van der Waals surface area contributed by atoms with Gasteiger partial charge in [-0.15, -0.1) is 11.3 Å². The summed E-state index contributed by atoms with van der Waals surface area (Å²) in [5.41, 5.74) is 10.7. The first-order chi connectivity index (χ1) is 14.4. The lowest BCUT2D eigenvalue weighted by atomic mass is 9.78. The van der Waals surface area contributed by atoms with Crippen LogP contribution in [0.5, 0.6) is 0 Å². The van der Waals surface area contributed by atoms with Crippen molar-refractivity contribution in [1.82, 2.24) is 4.98 Å². The first kappa shape index (κ1) is 19.1. The Balaban J connectivity index is 1.64. The van der Waals surface area contributed by atoms with Gasteiger partial charge >= 0.3 is 5.97 Å². The van der Waals surface area contributed by atoms with Crippen LogP contribution in [0, 0.1) is 12.8 Å². The van der Waals surface area contributed by atoms with Crippen LogP contribution in [0.15, 0.2) is 47.7 Å². The predicted octanol–water partition coefficient (Wildman–Crippen LogP) is 4.91. The number of aromatic nitrogens is 1. The summed E-state index contributed by atoms with van der Waals surface area (Å²) in [6, 6.07) is 10.9. The number of hydrogen-bond acceptors (Lipinski definition) is 6. The zero-order chi connectivity index (χ0) is 21.0. The summed E-state index contributed by atoms with van der Waals surface area (Å²) >= 11 is 7.98. The fourth-order valence-corrected chi connectivity index (χ4v) is 5.44. The zero-order valence-corrected chi connectivity index (χ0v) is 17.7. The number of benzene rings is 2. The van der Waals surface area contributed by atoms with Gasteiger partial charge in [-0.1, -0.05) is 17.7 Å². The Morgan fingerprint density at radius 1 is 1.30 bits per heavy atom. The Morgan fingerprint density at radius 3 is 2.83 bits per heavy atom. The lowest BCUT2D eigenvalue weighted by Gasteiger charge is -2.29. The molecule has 0 saturated carbocycles. The van der Waals surface area contributed by atoms with Crippen LogP contribution in [0.2, 0.25) is 5.02 Å². The molecule has 5 rings (SSSR count). The lowest BCUT2D eigenvalue weighted by Crippen LogP contribution is -2.28. The number of carboxylic acid groups (broad SMARTS) is 1. The number of carboxylic acids is 1. The van der Waals surface area contributed by atoms with Crippen LogP contribution in [-0.4, -0.2) is 21.8 Å². The van der Waals surface area contributed by atoms with Gasteiger partial charge in [-0.3, -0.25) is 5.01 Å². The summed E-state index contributed by atoms with van der Waals surface area (Å²) in [6.45, 7) is 2.00. The molecule has 3 N–H and O–H groups in total. The van der Waals surface area contributed by atoms with Crippen molar-refractivity contribution in [2.45, 2.75) is 25.8 Å². The molecule has 8 heteroatoms. The highest BCUT2D eigenvalue weighted by Gasteiger charge is 2.43. The molecule has 0 radical (unpaired) electrons. The van der Waals surface area contributed by atoms with Crippen LogP contribution >= 0.6 is 22.9 Å². The third-order valence-corrected chi connectivity index (χ3v) is 7.05. The van der Waals surface area contributed by atoms with Crippen LogP contribution in [0.3, 0.4) is 0 Å². The van der Waals surface area contributed by atoms with E-state index in [1.807, 2.05) is 36.3 Å². The summed E-state index contributed by atoms with van der Waals surface area (Å²) < 4.78 is 0. The summed E-state index contributed by atoms with van der Waals surface area (Å²) in [7, 11) is 0. The minimum atomic E-state index is -0.913. The Hall–Kier alpha value is -2.90. The standard InChI is InChI=1S/C22H19ClN4O2S/c1-11-25-10-19(30-11)21-16-6-2-12-8-13(22(28)29)3-5-15(12)20(16)26-27(21)14-4-7-18(24)17(23)9-14/h3-5,7-10,16,21H,2,6,24H2,1H3,(H,28,29). The normalized spacial score (nSPS) is 19.9. The number of fused-ring (bicyclic) bond motifs is 3. The molecule has 2 aromatic carbocycles. The van der Waals surface area contributed by atoms with Crippen molar-refractivity contribution in [1.29, 1.82) is 0 Å². The molecule has 0 amide bonds. The highest BCUT2D eigenvalue weighted by atomic mass is 35.5. The highest BCUT2D eigenvalue weighted by Crippen LogP contribution is 2.47. The molecule has 3 aromatic rings. The Labute approximate surface area is 182 Å². The maximum atomic E-state index is 11.4. The number of aromatic carboxylic acids is 1. The molecule has 0 saturated heterocycles. The fraction of sp³-hybridized carbons (Fsp3) is 0.227. The third-order valence-electron chi connectivity index (χ3n) is 5.74. The number of nitrogens with zero attached hydrogens (tertiary/aromatic N) is 3. The van der Waals surface area contributed by atoms with Crippen molar-refractivity contribution in [3.05, 3.63) is 74.2 Å². The summed E-state index contributed by atoms with van der Waals surface area (Å²) in [5.74, 6) is -0.728. The van der Waals surface area contributed by atoms with E-state index in [9.17, 15) is 9.90 Å². The van der Waals surface area contributed by atoms with Crippen molar-refractivity contribution >= 4 is 46.0 Å². The molecule has 6 nitrogen and oxygen atoms in total. The SMILES string of the molecule is Cc1ncc(C2C3CCc4cc(C(=O)O)ccc4C3=NN2c2ccc(N)c(Cl)c2)s1. The molecule has 0 fully saturated rings. The number of hydrogen-bond donors (Lipinski definition) is 2. The number of nitrogen functional groups attached to an aromatic ring is 1. The average molecular weight is 439 g/mol. The van der Waals surface area contributed by atoms with Gasteiger partial charge in [-0.25, -0.2) is 9.78 Å². The minimum absolute atomic E-state index is 0.0122. The second kappa shape index (κ2) is 7.11. The fourth-order valence-electron chi connectivity index (χ4n) is 4.33. The average Bonchev–Trinajstić information content (AvgIpc) is 3.32. The third kappa shape index (κ3) is 3.05. The number of hydrazone groups is 1. The number of nitrogens with two attached hydrogens (primary N) is 1. The van der Waals surface area contributed by atoms with E-state index in [-0.39, 0.29) is 12.0 Å². The van der Waals surface area contributed by atoms with E-state index < -0.39 is 5.97 Å². The first-order valence-corrected chi connectivity index (χ1v) is 10.8. The zero-order valence-electron chi connectivity index (χ0n) is 16.2. The van der Waals surface area contributed by atoms with Gasteiger partial charge in [0.25, 0.3) is 0 Å². The molecule has 2 atom stereocenters. The van der Waals surface area contributed by atoms with Crippen LogP contribution in [0.25, 0.3) is 0 Å². The molecule has 1 aliphatic carbocycles. The maximum absolute atomic E-state index is 11.4. The lowest BCUT2D eigenvalue weighted by molar-refractivity contribution is 0.0696. The van der Waals surface area contributed by atoms with E-state index in [2.05, 4.69) is 4.98 Å². The van der Waals surface area contributed by atoms with Gasteiger partial charge in [-0.2, -0.15) is 5.10 Å². The van der Waals surface area contributed by atoms with Crippen LogP contribution in [0.4, 0.5) is 11.4 Å². The molecule has 1 aromatic heterocycles. The highest BCUT2D eigenvalue weighted by molar-refractivity contribution is 7.11. The number of thiazole rings is 1. The minimum Gasteiger partial charge on any atom is -0.478 e. The quantitative estimate of drug-likeness (QED) is 0.566. The van der Waals surface area contributed by atoms with E-state index in [1.54, 1.807) is 29.5 Å². The summed E-state index contributed by atoms with van der Waals surface area (Å²) in [5, 5.41) is 17.9. The summed E-state index contributed by atoms with van der Waals surface area (Å²) in [6.07, 6.45) is 3.62. The van der Waals surface area contributed by atoms with Crippen LogP contribution in [0.1, 0.15) is 43.8 Å². The van der Waals surface area contributed by atoms with Crippen molar-refractivity contribution in [2.24, 2.45) is 11.0 Å². The summed E-state index contributed by atoms with van der Waals surface area (Å²) in [4.78, 5) is 17.0. The molecular weight excluding hydrogens is 420 g/mol. The molecule has 0 bridgehead atoms. The maximum Gasteiger partial charge on any atom is 0.335 e. The van der Waals surface area contributed by atoms with Crippen LogP contribution in [-0.2, 0) is 6.42 Å². The smallest absolute Gasteiger partial charge is 0.335 e. The van der Waals surface area contributed by atoms with E-state index in [4.69, 9.17) is 22.4 Å². The monoisotopic (exact) mass is 438 g/mol. The van der Waals surface area contributed by atoms with E-state index in [0.717, 1.165) is 45.3 Å². The number of carbonyl (C=O) groups is 1. The number of halogens is 1. The molecule has 2 unspecified atom stereocenters. The Morgan fingerprint density at radius 2 is 2.13 bits per heavy atom. The second-order valence-electron chi connectivity index (χ2n) is 7.58. The van der Waals surface area contributed by atoms with Crippen molar-refractivity contribution < 1.29 is 9.90 Å². The van der Waals surface area contributed by atoms with Crippen molar-refractivity contribution in [3.63, 3.8) is 0 Å². The molecule has 152 valence electrons. The topological polar surface area (TPSA) is 91.8 Å². The largest absolute Gasteiger partial charge is 0.478 e. The van der Waals surface area contributed by atoms with Gasteiger partial charge in [0.1, 0.15) is 0 Å². The first-order valence-electron chi connectivity index (χ1n) is 9.64. The Bertz CT molecular complexity index is 1210. The molecule has 2 heterocycles. The predicted molar refractivity (Wildman–Crippen MR) is 120 cm³/mol. The van der Waals surface area contributed by atoms with Gasteiger partial charge in [0, 0.05) is 22.6 Å². The molecule has 30 heavy (non-hydrogen) atoms. The molecule has 0 spiro atoms. The van der Waals surface area contributed by atoms with Gasteiger partial charge in [-0.05, 0) is 55.7 Å². The van der Waals surface area contributed by atoms with Gasteiger partial charge in [0.15, 0.2) is 0 Å². The number of aryl methyl sites for hydroxylation is 2. The number of anilines is 2. The van der Waals surface area contributed by atoms with E-state index in [1.165, 1.54) is 0 Å². The Kier molecular flexibility index (Phi) is 4.52.